The van der Waals surface area contributed by atoms with Gasteiger partial charge in [0.15, 0.2) is 0 Å². The second-order valence-electron chi connectivity index (χ2n) is 8.40. The van der Waals surface area contributed by atoms with Crippen molar-refractivity contribution in [3.8, 4) is 0 Å². The Morgan fingerprint density at radius 2 is 1.55 bits per heavy atom. The SMILES string of the molecule is Cc1ccc(SC2=C(Nc3ccc(C(C)C)cc3)C(=O)N(c3ccc(Cl)cc3C)C2=O)cc1. The van der Waals surface area contributed by atoms with Gasteiger partial charge < -0.3 is 5.32 Å². The molecule has 0 atom stereocenters. The van der Waals surface area contributed by atoms with Crippen molar-refractivity contribution in [2.75, 3.05) is 10.2 Å². The van der Waals surface area contributed by atoms with Gasteiger partial charge in [0.1, 0.15) is 10.6 Å². The molecule has 1 aliphatic heterocycles. The fraction of sp³-hybridized carbons (Fsp3) is 0.185. The smallest absolute Gasteiger partial charge is 0.283 e. The number of carbonyl (C=O) groups excluding carboxylic acids is 2. The number of nitrogens with one attached hydrogen (secondary N) is 1. The molecule has 1 aliphatic rings. The molecule has 2 amide bonds. The molecule has 0 aliphatic carbocycles. The zero-order valence-electron chi connectivity index (χ0n) is 19.0. The monoisotopic (exact) mass is 476 g/mol. The summed E-state index contributed by atoms with van der Waals surface area (Å²) in [6.07, 6.45) is 0. The van der Waals surface area contributed by atoms with E-state index in [9.17, 15) is 9.59 Å². The molecule has 6 heteroatoms. The number of amides is 2. The highest BCUT2D eigenvalue weighted by Gasteiger charge is 2.40. The lowest BCUT2D eigenvalue weighted by molar-refractivity contribution is -0.120. The van der Waals surface area contributed by atoms with Gasteiger partial charge in [0.2, 0.25) is 0 Å². The summed E-state index contributed by atoms with van der Waals surface area (Å²) in [7, 11) is 0. The summed E-state index contributed by atoms with van der Waals surface area (Å²) in [5.41, 5.74) is 4.65. The quantitative estimate of drug-likeness (QED) is 0.386. The predicted molar refractivity (Wildman–Crippen MR) is 137 cm³/mol. The summed E-state index contributed by atoms with van der Waals surface area (Å²) in [5.74, 6) is -0.325. The van der Waals surface area contributed by atoms with Gasteiger partial charge in [0.25, 0.3) is 11.8 Å². The van der Waals surface area contributed by atoms with E-state index in [1.165, 1.54) is 22.2 Å². The van der Waals surface area contributed by atoms with E-state index in [1.807, 2.05) is 62.4 Å². The first kappa shape index (κ1) is 23.1. The van der Waals surface area contributed by atoms with Crippen LogP contribution in [0.1, 0.15) is 36.5 Å². The summed E-state index contributed by atoms with van der Waals surface area (Å²) in [4.78, 5) is 29.5. The number of thioether (sulfide) groups is 1. The van der Waals surface area contributed by atoms with Crippen molar-refractivity contribution in [2.24, 2.45) is 0 Å². The first-order valence-electron chi connectivity index (χ1n) is 10.8. The predicted octanol–water partition coefficient (Wildman–Crippen LogP) is 7.07. The molecule has 0 aromatic heterocycles. The van der Waals surface area contributed by atoms with Gasteiger partial charge in [-0.2, -0.15) is 0 Å². The number of hydrogen-bond acceptors (Lipinski definition) is 4. The number of imide groups is 1. The molecule has 168 valence electrons. The van der Waals surface area contributed by atoms with E-state index in [4.69, 9.17) is 11.6 Å². The van der Waals surface area contributed by atoms with Crippen LogP contribution in [0.2, 0.25) is 5.02 Å². The minimum absolute atomic E-state index is 0.275. The van der Waals surface area contributed by atoms with E-state index < -0.39 is 0 Å². The Morgan fingerprint density at radius 1 is 0.879 bits per heavy atom. The molecule has 3 aromatic rings. The zero-order valence-corrected chi connectivity index (χ0v) is 20.6. The lowest BCUT2D eigenvalue weighted by atomic mass is 10.0. The van der Waals surface area contributed by atoms with Crippen LogP contribution in [-0.2, 0) is 9.59 Å². The largest absolute Gasteiger partial charge is 0.350 e. The second-order valence-corrected chi connectivity index (χ2v) is 9.92. The minimum atomic E-state index is -0.382. The zero-order chi connectivity index (χ0) is 23.7. The molecule has 4 rings (SSSR count). The maximum absolute atomic E-state index is 13.5. The molecule has 0 radical (unpaired) electrons. The minimum Gasteiger partial charge on any atom is -0.350 e. The number of nitrogens with zero attached hydrogens (tertiary/aromatic N) is 1. The van der Waals surface area contributed by atoms with Crippen LogP contribution >= 0.6 is 23.4 Å². The number of aryl methyl sites for hydroxylation is 2. The lowest BCUT2D eigenvalue weighted by Crippen LogP contribution is -2.32. The topological polar surface area (TPSA) is 49.4 Å². The van der Waals surface area contributed by atoms with E-state index in [0.29, 0.717) is 21.5 Å². The molecule has 0 bridgehead atoms. The van der Waals surface area contributed by atoms with Gasteiger partial charge in [0.05, 0.1) is 5.69 Å². The summed E-state index contributed by atoms with van der Waals surface area (Å²) >= 11 is 7.39. The summed E-state index contributed by atoms with van der Waals surface area (Å²) in [6, 6.07) is 21.0. The lowest BCUT2D eigenvalue weighted by Gasteiger charge is -2.18. The average molecular weight is 477 g/mol. The van der Waals surface area contributed by atoms with Crippen LogP contribution in [0.15, 0.2) is 82.2 Å². The normalized spacial score (nSPS) is 13.9. The van der Waals surface area contributed by atoms with Crippen molar-refractivity contribution in [3.05, 3.63) is 99.0 Å². The highest BCUT2D eigenvalue weighted by molar-refractivity contribution is 8.04. The van der Waals surface area contributed by atoms with Crippen LogP contribution in [0, 0.1) is 13.8 Å². The summed E-state index contributed by atoms with van der Waals surface area (Å²) in [5, 5.41) is 3.78. The third-order valence-electron chi connectivity index (χ3n) is 5.53. The first-order chi connectivity index (χ1) is 15.7. The number of anilines is 2. The molecule has 0 fully saturated rings. The molecule has 0 saturated heterocycles. The highest BCUT2D eigenvalue weighted by Crippen LogP contribution is 2.39. The molecular formula is C27H25ClN2O2S. The summed E-state index contributed by atoms with van der Waals surface area (Å²) in [6.45, 7) is 8.11. The van der Waals surface area contributed by atoms with E-state index in [1.54, 1.807) is 18.2 Å². The van der Waals surface area contributed by atoms with Crippen molar-refractivity contribution in [3.63, 3.8) is 0 Å². The van der Waals surface area contributed by atoms with E-state index in [0.717, 1.165) is 21.7 Å². The molecule has 33 heavy (non-hydrogen) atoms. The van der Waals surface area contributed by atoms with Crippen LogP contribution in [0.3, 0.4) is 0 Å². The molecule has 0 saturated carbocycles. The maximum Gasteiger partial charge on any atom is 0.283 e. The molecule has 1 N–H and O–H groups in total. The Balaban J connectivity index is 1.73. The van der Waals surface area contributed by atoms with Crippen molar-refractivity contribution >= 4 is 46.6 Å². The van der Waals surface area contributed by atoms with E-state index >= 15 is 0 Å². The number of benzene rings is 3. The molecule has 0 unspecified atom stereocenters. The number of hydrogen-bond donors (Lipinski definition) is 1. The van der Waals surface area contributed by atoms with Crippen LogP contribution in [0.25, 0.3) is 0 Å². The van der Waals surface area contributed by atoms with Gasteiger partial charge in [-0.1, -0.05) is 67.0 Å². The number of carbonyl (C=O) groups is 2. The van der Waals surface area contributed by atoms with Crippen LogP contribution in [0.4, 0.5) is 11.4 Å². The average Bonchev–Trinajstić information content (AvgIpc) is 3.00. The van der Waals surface area contributed by atoms with Crippen molar-refractivity contribution in [2.45, 2.75) is 38.5 Å². The molecule has 1 heterocycles. The van der Waals surface area contributed by atoms with Gasteiger partial charge >= 0.3 is 0 Å². The second kappa shape index (κ2) is 9.46. The van der Waals surface area contributed by atoms with Gasteiger partial charge in [-0.25, -0.2) is 4.90 Å². The van der Waals surface area contributed by atoms with Crippen molar-refractivity contribution in [1.29, 1.82) is 0 Å². The Hall–Kier alpha value is -3.02. The Morgan fingerprint density at radius 3 is 2.15 bits per heavy atom. The fourth-order valence-electron chi connectivity index (χ4n) is 3.62. The molecule has 4 nitrogen and oxygen atoms in total. The third-order valence-corrected chi connectivity index (χ3v) is 6.85. The van der Waals surface area contributed by atoms with Crippen LogP contribution in [-0.4, -0.2) is 11.8 Å². The summed E-state index contributed by atoms with van der Waals surface area (Å²) < 4.78 is 0. The Kier molecular flexibility index (Phi) is 6.63. The highest BCUT2D eigenvalue weighted by atomic mass is 35.5. The van der Waals surface area contributed by atoms with E-state index in [-0.39, 0.29) is 17.5 Å². The first-order valence-corrected chi connectivity index (χ1v) is 11.9. The van der Waals surface area contributed by atoms with Gasteiger partial charge in [-0.15, -0.1) is 0 Å². The van der Waals surface area contributed by atoms with E-state index in [2.05, 4.69) is 19.2 Å². The van der Waals surface area contributed by atoms with Crippen molar-refractivity contribution in [1.82, 2.24) is 0 Å². The molecule has 3 aromatic carbocycles. The van der Waals surface area contributed by atoms with Gasteiger partial charge in [-0.05, 0) is 73.4 Å². The molecular weight excluding hydrogens is 452 g/mol. The Labute approximate surface area is 203 Å². The standard InChI is InChI=1S/C27H25ClN2O2S/c1-16(2)19-7-10-21(11-8-19)29-24-25(33-22-12-5-17(3)6-13-22)27(32)30(26(24)31)23-14-9-20(28)15-18(23)4/h5-16,29H,1-4H3. The van der Waals surface area contributed by atoms with Crippen LogP contribution in [0.5, 0.6) is 0 Å². The fourth-order valence-corrected chi connectivity index (χ4v) is 4.78. The van der Waals surface area contributed by atoms with Gasteiger partial charge in [-0.3, -0.25) is 9.59 Å². The van der Waals surface area contributed by atoms with Crippen LogP contribution < -0.4 is 10.2 Å². The van der Waals surface area contributed by atoms with Crippen molar-refractivity contribution < 1.29 is 9.59 Å². The molecule has 0 spiro atoms. The van der Waals surface area contributed by atoms with Gasteiger partial charge in [0, 0.05) is 15.6 Å². The Bertz CT molecular complexity index is 1250. The number of halogens is 1. The number of rotatable bonds is 6. The third kappa shape index (κ3) is 4.85. The maximum atomic E-state index is 13.5.